The van der Waals surface area contributed by atoms with Gasteiger partial charge in [0, 0.05) is 18.7 Å². The van der Waals surface area contributed by atoms with E-state index in [4.69, 9.17) is 9.84 Å². The lowest BCUT2D eigenvalue weighted by Crippen LogP contribution is -2.14. The Balaban J connectivity index is 2.96. The minimum atomic E-state index is -0.0696. The van der Waals surface area contributed by atoms with Crippen molar-refractivity contribution in [1.82, 2.24) is 0 Å². The summed E-state index contributed by atoms with van der Waals surface area (Å²) in [6.07, 6.45) is 0.819. The second-order valence-electron chi connectivity index (χ2n) is 4.40. The molecule has 1 aromatic rings. The Hall–Kier alpha value is -1.55. The van der Waals surface area contributed by atoms with Gasteiger partial charge in [-0.25, -0.2) is 0 Å². The molecule has 1 amide bonds. The molecule has 0 unspecified atom stereocenters. The van der Waals surface area contributed by atoms with Gasteiger partial charge in [-0.2, -0.15) is 0 Å². The molecule has 0 atom stereocenters. The van der Waals surface area contributed by atoms with Gasteiger partial charge in [0.05, 0.1) is 7.11 Å². The highest BCUT2D eigenvalue weighted by Crippen LogP contribution is 2.31. The van der Waals surface area contributed by atoms with E-state index in [9.17, 15) is 4.79 Å². The fourth-order valence-electron chi connectivity index (χ4n) is 1.89. The highest BCUT2D eigenvalue weighted by Gasteiger charge is 2.12. The molecule has 0 aliphatic heterocycles. The van der Waals surface area contributed by atoms with Crippen LogP contribution in [0.4, 0.5) is 5.69 Å². The van der Waals surface area contributed by atoms with Crippen molar-refractivity contribution in [2.45, 2.75) is 33.6 Å². The predicted molar refractivity (Wildman–Crippen MR) is 72.2 cm³/mol. The first-order valence-corrected chi connectivity index (χ1v) is 6.06. The first-order chi connectivity index (χ1) is 8.51. The Labute approximate surface area is 108 Å². The standard InChI is InChI=1S/C14H21NO3/c1-9-8-12(18-4)10(2)11(3)14(9)15-13(17)6-5-7-16/h8,16H,5-7H2,1-4H3,(H,15,17). The number of ether oxygens (including phenoxy) is 1. The summed E-state index contributed by atoms with van der Waals surface area (Å²) < 4.78 is 5.29. The summed E-state index contributed by atoms with van der Waals surface area (Å²) >= 11 is 0. The van der Waals surface area contributed by atoms with Crippen LogP contribution < -0.4 is 10.1 Å². The van der Waals surface area contributed by atoms with Gasteiger partial charge < -0.3 is 15.2 Å². The summed E-state index contributed by atoms with van der Waals surface area (Å²) in [4.78, 5) is 11.7. The summed E-state index contributed by atoms with van der Waals surface area (Å²) in [7, 11) is 1.64. The van der Waals surface area contributed by atoms with Crippen LogP contribution in [0, 0.1) is 20.8 Å². The van der Waals surface area contributed by atoms with Crippen molar-refractivity contribution in [2.24, 2.45) is 0 Å². The fraction of sp³-hybridized carbons (Fsp3) is 0.500. The molecule has 0 bridgehead atoms. The Morgan fingerprint density at radius 2 is 2.00 bits per heavy atom. The maximum absolute atomic E-state index is 11.7. The lowest BCUT2D eigenvalue weighted by molar-refractivity contribution is -0.116. The molecular weight excluding hydrogens is 230 g/mol. The highest BCUT2D eigenvalue weighted by molar-refractivity contribution is 5.92. The largest absolute Gasteiger partial charge is 0.496 e. The van der Waals surface area contributed by atoms with E-state index >= 15 is 0 Å². The number of rotatable bonds is 5. The number of methoxy groups -OCH3 is 1. The van der Waals surface area contributed by atoms with Crippen LogP contribution in [0.25, 0.3) is 0 Å². The molecule has 0 aliphatic carbocycles. The van der Waals surface area contributed by atoms with Crippen molar-refractivity contribution in [1.29, 1.82) is 0 Å². The number of benzene rings is 1. The minimum Gasteiger partial charge on any atom is -0.496 e. The number of aliphatic hydroxyl groups excluding tert-OH is 1. The molecule has 4 heteroatoms. The Kier molecular flexibility index (Phi) is 5.16. The molecule has 1 aromatic carbocycles. The van der Waals surface area contributed by atoms with E-state index in [0.717, 1.165) is 28.1 Å². The van der Waals surface area contributed by atoms with Crippen molar-refractivity contribution in [3.8, 4) is 5.75 Å². The van der Waals surface area contributed by atoms with Crippen molar-refractivity contribution in [2.75, 3.05) is 19.0 Å². The Morgan fingerprint density at radius 1 is 1.33 bits per heavy atom. The first-order valence-electron chi connectivity index (χ1n) is 6.06. The van der Waals surface area contributed by atoms with Crippen LogP contribution in [0.2, 0.25) is 0 Å². The van der Waals surface area contributed by atoms with E-state index in [-0.39, 0.29) is 12.5 Å². The van der Waals surface area contributed by atoms with E-state index in [1.165, 1.54) is 0 Å². The van der Waals surface area contributed by atoms with E-state index in [0.29, 0.717) is 12.8 Å². The molecule has 0 aromatic heterocycles. The monoisotopic (exact) mass is 251 g/mol. The summed E-state index contributed by atoms with van der Waals surface area (Å²) in [5.74, 6) is 0.762. The molecule has 0 saturated carbocycles. The molecule has 18 heavy (non-hydrogen) atoms. The zero-order chi connectivity index (χ0) is 13.7. The smallest absolute Gasteiger partial charge is 0.224 e. The van der Waals surface area contributed by atoms with Crippen molar-refractivity contribution in [3.63, 3.8) is 0 Å². The van der Waals surface area contributed by atoms with Gasteiger partial charge in [-0.3, -0.25) is 4.79 Å². The van der Waals surface area contributed by atoms with Crippen molar-refractivity contribution in [3.05, 3.63) is 22.8 Å². The van der Waals surface area contributed by atoms with Crippen LogP contribution >= 0.6 is 0 Å². The number of aliphatic hydroxyl groups is 1. The third-order valence-corrected chi connectivity index (χ3v) is 3.10. The number of carbonyl (C=O) groups excluding carboxylic acids is 1. The third kappa shape index (κ3) is 3.23. The third-order valence-electron chi connectivity index (χ3n) is 3.10. The molecule has 0 spiro atoms. The Bertz CT molecular complexity index is 441. The first kappa shape index (κ1) is 14.5. The summed E-state index contributed by atoms with van der Waals surface area (Å²) in [6.45, 7) is 5.91. The summed E-state index contributed by atoms with van der Waals surface area (Å²) in [6, 6.07) is 1.92. The van der Waals surface area contributed by atoms with Gasteiger partial charge in [0.1, 0.15) is 5.75 Å². The number of hydrogen-bond donors (Lipinski definition) is 2. The average molecular weight is 251 g/mol. The maximum atomic E-state index is 11.7. The molecule has 100 valence electrons. The Morgan fingerprint density at radius 3 is 2.56 bits per heavy atom. The zero-order valence-electron chi connectivity index (χ0n) is 11.5. The molecule has 0 aliphatic rings. The molecule has 0 saturated heterocycles. The van der Waals surface area contributed by atoms with Crippen LogP contribution in [-0.4, -0.2) is 24.7 Å². The van der Waals surface area contributed by atoms with Crippen molar-refractivity contribution < 1.29 is 14.6 Å². The SMILES string of the molecule is COc1cc(C)c(NC(=O)CCCO)c(C)c1C. The summed E-state index contributed by atoms with van der Waals surface area (Å²) in [5, 5.41) is 11.6. The minimum absolute atomic E-state index is 0.0347. The van der Waals surface area contributed by atoms with E-state index in [1.807, 2.05) is 26.8 Å². The molecular formula is C14H21NO3. The molecule has 4 nitrogen and oxygen atoms in total. The van der Waals surface area contributed by atoms with Gasteiger partial charge in [-0.05, 0) is 49.9 Å². The lowest BCUT2D eigenvalue weighted by Gasteiger charge is -2.16. The highest BCUT2D eigenvalue weighted by atomic mass is 16.5. The van der Waals surface area contributed by atoms with Gasteiger partial charge in [-0.1, -0.05) is 0 Å². The van der Waals surface area contributed by atoms with Gasteiger partial charge in [0.2, 0.25) is 5.91 Å². The average Bonchev–Trinajstić information content (AvgIpc) is 2.36. The topological polar surface area (TPSA) is 58.6 Å². The van der Waals surface area contributed by atoms with Crippen LogP contribution in [0.15, 0.2) is 6.07 Å². The zero-order valence-corrected chi connectivity index (χ0v) is 11.5. The second kappa shape index (κ2) is 6.40. The predicted octanol–water partition coefficient (Wildman–Crippen LogP) is 2.33. The van der Waals surface area contributed by atoms with Gasteiger partial charge in [0.25, 0.3) is 0 Å². The van der Waals surface area contributed by atoms with Crippen LogP contribution in [0.1, 0.15) is 29.5 Å². The van der Waals surface area contributed by atoms with Crippen molar-refractivity contribution >= 4 is 11.6 Å². The van der Waals surface area contributed by atoms with Gasteiger partial charge in [0.15, 0.2) is 0 Å². The normalized spacial score (nSPS) is 10.3. The number of carbonyl (C=O) groups is 1. The van der Waals surface area contributed by atoms with Crippen LogP contribution in [0.3, 0.4) is 0 Å². The summed E-state index contributed by atoms with van der Waals surface area (Å²) in [5.41, 5.74) is 3.87. The number of amides is 1. The number of nitrogens with one attached hydrogen (secondary N) is 1. The molecule has 0 fully saturated rings. The number of aryl methyl sites for hydroxylation is 1. The van der Waals surface area contributed by atoms with Gasteiger partial charge >= 0.3 is 0 Å². The fourth-order valence-corrected chi connectivity index (χ4v) is 1.89. The quantitative estimate of drug-likeness (QED) is 0.844. The number of hydrogen-bond acceptors (Lipinski definition) is 3. The number of anilines is 1. The van der Waals surface area contributed by atoms with Crippen LogP contribution in [0.5, 0.6) is 5.75 Å². The van der Waals surface area contributed by atoms with E-state index < -0.39 is 0 Å². The lowest BCUT2D eigenvalue weighted by atomic mass is 10.0. The van der Waals surface area contributed by atoms with Gasteiger partial charge in [-0.15, -0.1) is 0 Å². The van der Waals surface area contributed by atoms with Crippen LogP contribution in [-0.2, 0) is 4.79 Å². The molecule has 0 radical (unpaired) electrons. The molecule has 1 rings (SSSR count). The van der Waals surface area contributed by atoms with E-state index in [1.54, 1.807) is 7.11 Å². The second-order valence-corrected chi connectivity index (χ2v) is 4.40. The van der Waals surface area contributed by atoms with E-state index in [2.05, 4.69) is 5.32 Å². The molecule has 0 heterocycles. The maximum Gasteiger partial charge on any atom is 0.224 e. The molecule has 2 N–H and O–H groups in total.